The van der Waals surface area contributed by atoms with Gasteiger partial charge in [-0.25, -0.2) is 0 Å². The zero-order valence-corrected chi connectivity index (χ0v) is 12.8. The smallest absolute Gasteiger partial charge is 0.0707 e. The number of hydrogen-bond donors (Lipinski definition) is 1. The zero-order chi connectivity index (χ0) is 13.0. The van der Waals surface area contributed by atoms with E-state index in [0.29, 0.717) is 18.2 Å². The Hall–Kier alpha value is 0.230. The van der Waals surface area contributed by atoms with Crippen LogP contribution < -0.4 is 5.32 Å². The standard InChI is InChI=1S/C14H28N2OS/c1-11(2)15-8-13-4-5-14(17-13)10-16-6-7-18-12(3)9-16/h11-15H,4-10H2,1-3H3. The van der Waals surface area contributed by atoms with Gasteiger partial charge in [-0.15, -0.1) is 0 Å². The molecule has 3 atom stereocenters. The van der Waals surface area contributed by atoms with E-state index in [9.17, 15) is 0 Å². The van der Waals surface area contributed by atoms with E-state index in [1.807, 2.05) is 0 Å². The monoisotopic (exact) mass is 272 g/mol. The van der Waals surface area contributed by atoms with Gasteiger partial charge in [-0.05, 0) is 12.8 Å². The molecule has 2 fully saturated rings. The molecule has 2 aliphatic heterocycles. The summed E-state index contributed by atoms with van der Waals surface area (Å²) in [6, 6.07) is 0.563. The largest absolute Gasteiger partial charge is 0.372 e. The average molecular weight is 272 g/mol. The van der Waals surface area contributed by atoms with Crippen molar-refractivity contribution in [3.8, 4) is 0 Å². The van der Waals surface area contributed by atoms with Gasteiger partial charge in [-0.3, -0.25) is 4.90 Å². The van der Waals surface area contributed by atoms with Gasteiger partial charge in [0.15, 0.2) is 0 Å². The molecule has 2 aliphatic rings. The maximum atomic E-state index is 6.14. The highest BCUT2D eigenvalue weighted by atomic mass is 32.2. The Balaban J connectivity index is 1.66. The minimum atomic E-state index is 0.439. The van der Waals surface area contributed by atoms with Gasteiger partial charge in [-0.2, -0.15) is 11.8 Å². The lowest BCUT2D eigenvalue weighted by molar-refractivity contribution is 0.0234. The average Bonchev–Trinajstić information content (AvgIpc) is 2.74. The number of rotatable bonds is 5. The Morgan fingerprint density at radius 1 is 1.33 bits per heavy atom. The van der Waals surface area contributed by atoms with Crippen molar-refractivity contribution < 1.29 is 4.74 Å². The summed E-state index contributed by atoms with van der Waals surface area (Å²) in [5.41, 5.74) is 0. The molecular weight excluding hydrogens is 244 g/mol. The third-order valence-corrected chi connectivity index (χ3v) is 4.87. The lowest BCUT2D eigenvalue weighted by Gasteiger charge is -2.32. The highest BCUT2D eigenvalue weighted by Crippen LogP contribution is 2.23. The van der Waals surface area contributed by atoms with Crippen LogP contribution in [0, 0.1) is 0 Å². The fourth-order valence-electron chi connectivity index (χ4n) is 2.78. The Kier molecular flexibility index (Phi) is 5.80. The molecule has 1 N–H and O–H groups in total. The summed E-state index contributed by atoms with van der Waals surface area (Å²) >= 11 is 2.10. The molecule has 3 nitrogen and oxygen atoms in total. The zero-order valence-electron chi connectivity index (χ0n) is 12.0. The van der Waals surface area contributed by atoms with Gasteiger partial charge in [0.2, 0.25) is 0 Å². The van der Waals surface area contributed by atoms with Crippen molar-refractivity contribution in [2.45, 2.75) is 57.1 Å². The molecule has 2 saturated heterocycles. The molecule has 0 aromatic carbocycles. The number of ether oxygens (including phenoxy) is 1. The molecular formula is C14H28N2OS. The fraction of sp³-hybridized carbons (Fsp3) is 1.00. The summed E-state index contributed by atoms with van der Waals surface area (Å²) in [6.45, 7) is 11.4. The third kappa shape index (κ3) is 4.72. The Labute approximate surface area is 116 Å². The van der Waals surface area contributed by atoms with Gasteiger partial charge in [0.05, 0.1) is 12.2 Å². The van der Waals surface area contributed by atoms with Crippen molar-refractivity contribution in [3.63, 3.8) is 0 Å². The molecule has 0 aliphatic carbocycles. The van der Waals surface area contributed by atoms with Crippen LogP contribution in [0.3, 0.4) is 0 Å². The molecule has 106 valence electrons. The van der Waals surface area contributed by atoms with E-state index in [4.69, 9.17) is 4.74 Å². The van der Waals surface area contributed by atoms with E-state index >= 15 is 0 Å². The Bertz CT molecular complexity index is 250. The molecule has 2 heterocycles. The van der Waals surface area contributed by atoms with Crippen LogP contribution in [0.1, 0.15) is 33.6 Å². The van der Waals surface area contributed by atoms with Crippen LogP contribution >= 0.6 is 11.8 Å². The van der Waals surface area contributed by atoms with Crippen LogP contribution in [0.25, 0.3) is 0 Å². The molecule has 0 spiro atoms. The summed E-state index contributed by atoms with van der Waals surface area (Å²) in [6.07, 6.45) is 3.37. The van der Waals surface area contributed by atoms with Gasteiger partial charge < -0.3 is 10.1 Å². The van der Waals surface area contributed by atoms with E-state index in [2.05, 4.69) is 42.7 Å². The van der Waals surface area contributed by atoms with Crippen LogP contribution in [0.15, 0.2) is 0 Å². The number of nitrogens with zero attached hydrogens (tertiary/aromatic N) is 1. The second-order valence-corrected chi connectivity index (χ2v) is 7.51. The van der Waals surface area contributed by atoms with Crippen molar-refractivity contribution in [2.75, 3.05) is 31.9 Å². The predicted octanol–water partition coefficient (Wildman–Crippen LogP) is 1.97. The molecule has 0 amide bonds. The summed E-state index contributed by atoms with van der Waals surface area (Å²) < 4.78 is 6.14. The maximum absolute atomic E-state index is 6.14. The highest BCUT2D eigenvalue weighted by Gasteiger charge is 2.28. The molecule has 2 rings (SSSR count). The third-order valence-electron chi connectivity index (χ3n) is 3.74. The van der Waals surface area contributed by atoms with Gasteiger partial charge in [0.25, 0.3) is 0 Å². The van der Waals surface area contributed by atoms with E-state index in [1.54, 1.807) is 0 Å². The van der Waals surface area contributed by atoms with Crippen LogP contribution in [-0.2, 0) is 4.74 Å². The lowest BCUT2D eigenvalue weighted by atomic mass is 10.2. The minimum Gasteiger partial charge on any atom is -0.372 e. The molecule has 4 heteroatoms. The topological polar surface area (TPSA) is 24.5 Å². The molecule has 0 bridgehead atoms. The van der Waals surface area contributed by atoms with Crippen molar-refractivity contribution in [1.29, 1.82) is 0 Å². The number of nitrogens with one attached hydrogen (secondary N) is 1. The van der Waals surface area contributed by atoms with E-state index in [1.165, 1.54) is 31.7 Å². The fourth-order valence-corrected chi connectivity index (χ4v) is 3.86. The summed E-state index contributed by atoms with van der Waals surface area (Å²) in [5.74, 6) is 1.28. The molecule has 0 radical (unpaired) electrons. The summed E-state index contributed by atoms with van der Waals surface area (Å²) in [5, 5.41) is 4.27. The normalized spacial score (nSPS) is 34.3. The van der Waals surface area contributed by atoms with Crippen molar-refractivity contribution in [1.82, 2.24) is 10.2 Å². The molecule has 0 aromatic heterocycles. The van der Waals surface area contributed by atoms with Gasteiger partial charge in [-0.1, -0.05) is 20.8 Å². The minimum absolute atomic E-state index is 0.439. The SMILES string of the molecule is CC(C)NCC1CCC(CN2CCSC(C)C2)O1. The Morgan fingerprint density at radius 3 is 2.83 bits per heavy atom. The van der Waals surface area contributed by atoms with Crippen LogP contribution in [0.5, 0.6) is 0 Å². The second-order valence-electron chi connectivity index (χ2n) is 5.96. The first-order chi connectivity index (χ1) is 8.63. The highest BCUT2D eigenvalue weighted by molar-refractivity contribution is 7.99. The lowest BCUT2D eigenvalue weighted by Crippen LogP contribution is -2.41. The van der Waals surface area contributed by atoms with Gasteiger partial charge in [0.1, 0.15) is 0 Å². The van der Waals surface area contributed by atoms with Crippen LogP contribution in [0.4, 0.5) is 0 Å². The first-order valence-electron chi connectivity index (χ1n) is 7.36. The van der Waals surface area contributed by atoms with Gasteiger partial charge in [0, 0.05) is 43.2 Å². The summed E-state index contributed by atoms with van der Waals surface area (Å²) in [7, 11) is 0. The molecule has 3 unspecified atom stereocenters. The Morgan fingerprint density at radius 2 is 2.11 bits per heavy atom. The van der Waals surface area contributed by atoms with Crippen LogP contribution in [0.2, 0.25) is 0 Å². The van der Waals surface area contributed by atoms with Crippen LogP contribution in [-0.4, -0.2) is 60.3 Å². The predicted molar refractivity (Wildman–Crippen MR) is 79.4 cm³/mol. The quantitative estimate of drug-likeness (QED) is 0.827. The van der Waals surface area contributed by atoms with E-state index in [-0.39, 0.29) is 0 Å². The van der Waals surface area contributed by atoms with E-state index < -0.39 is 0 Å². The number of thioether (sulfide) groups is 1. The first kappa shape index (κ1) is 14.6. The molecule has 0 saturated carbocycles. The van der Waals surface area contributed by atoms with Crippen molar-refractivity contribution in [2.24, 2.45) is 0 Å². The maximum Gasteiger partial charge on any atom is 0.0707 e. The van der Waals surface area contributed by atoms with E-state index in [0.717, 1.165) is 18.3 Å². The van der Waals surface area contributed by atoms with Gasteiger partial charge >= 0.3 is 0 Å². The number of hydrogen-bond acceptors (Lipinski definition) is 4. The summed E-state index contributed by atoms with van der Waals surface area (Å²) in [4.78, 5) is 2.59. The molecule has 0 aromatic rings. The first-order valence-corrected chi connectivity index (χ1v) is 8.41. The molecule has 18 heavy (non-hydrogen) atoms. The van der Waals surface area contributed by atoms with Crippen molar-refractivity contribution >= 4 is 11.8 Å². The van der Waals surface area contributed by atoms with Crippen molar-refractivity contribution in [3.05, 3.63) is 0 Å². The second kappa shape index (κ2) is 7.13.